The van der Waals surface area contributed by atoms with Crippen molar-refractivity contribution >= 4 is 45.4 Å². The van der Waals surface area contributed by atoms with Crippen LogP contribution in [0.1, 0.15) is 72.1 Å². The summed E-state index contributed by atoms with van der Waals surface area (Å²) in [4.78, 5) is 64.2. The van der Waals surface area contributed by atoms with Crippen molar-refractivity contribution in [2.24, 2.45) is 7.05 Å². The van der Waals surface area contributed by atoms with Gasteiger partial charge in [-0.1, -0.05) is 18.2 Å². The summed E-state index contributed by atoms with van der Waals surface area (Å²) in [6.07, 6.45) is 10.7. The predicted octanol–water partition coefficient (Wildman–Crippen LogP) is 6.59. The Bertz CT molecular complexity index is 2580. The number of aromatic nitrogens is 4. The summed E-state index contributed by atoms with van der Waals surface area (Å²) in [5.41, 5.74) is 4.83. The van der Waals surface area contributed by atoms with Crippen molar-refractivity contribution in [1.29, 1.82) is 0 Å². The topological polar surface area (TPSA) is 164 Å². The molecule has 4 aromatic heterocycles. The lowest BCUT2D eigenvalue weighted by molar-refractivity contribution is -0.136. The first-order valence-corrected chi connectivity index (χ1v) is 20.0. The number of nitrogens with zero attached hydrogens (tertiary/aromatic N) is 5. The molecule has 6 heterocycles. The molecule has 2 aromatic carbocycles. The van der Waals surface area contributed by atoms with Crippen molar-refractivity contribution in [3.63, 3.8) is 0 Å². The normalized spacial score (nSPS) is 18.8. The number of unbranched alkanes of at least 4 members (excludes halogenated alkanes) is 3. The first-order chi connectivity index (χ1) is 28.8. The lowest BCUT2D eigenvalue weighted by Gasteiger charge is -2.34. The van der Waals surface area contributed by atoms with Crippen molar-refractivity contribution in [1.82, 2.24) is 29.7 Å². The SMILES string of the molecule is Cn1c2ccncc2c2ccc(-c3ccc(O[C@H]4C[C@H](Oc5cccc(OCCCCCCOc6ccc7c(c6)C(=O)N(C6CCC(=O)NC6=O)C7=O)n5)C4)nc3)cc21. The summed E-state index contributed by atoms with van der Waals surface area (Å²) in [6.45, 7) is 0.959. The van der Waals surface area contributed by atoms with Crippen LogP contribution in [0.5, 0.6) is 23.4 Å². The zero-order chi connectivity index (χ0) is 40.5. The van der Waals surface area contributed by atoms with Crippen LogP contribution < -0.4 is 24.3 Å². The number of ether oxygens (including phenoxy) is 4. The summed E-state index contributed by atoms with van der Waals surface area (Å²) in [7, 11) is 2.08. The Labute approximate surface area is 339 Å². The third kappa shape index (κ3) is 7.77. The van der Waals surface area contributed by atoms with Gasteiger partial charge in [-0.15, -0.1) is 0 Å². The van der Waals surface area contributed by atoms with Gasteiger partial charge in [0.05, 0.1) is 29.9 Å². The third-order valence-corrected chi connectivity index (χ3v) is 11.2. The first-order valence-electron chi connectivity index (χ1n) is 20.0. The van der Waals surface area contributed by atoms with E-state index < -0.39 is 29.7 Å². The number of nitrogens with one attached hydrogen (secondary N) is 1. The highest BCUT2D eigenvalue weighted by atomic mass is 16.5. The van der Waals surface area contributed by atoms with Gasteiger partial charge in [-0.05, 0) is 74.1 Å². The molecule has 1 saturated heterocycles. The average molecular weight is 795 g/mol. The molecule has 59 heavy (non-hydrogen) atoms. The summed E-state index contributed by atoms with van der Waals surface area (Å²) in [5.74, 6) is -0.0408. The summed E-state index contributed by atoms with van der Waals surface area (Å²) >= 11 is 0. The maximum absolute atomic E-state index is 13.1. The van der Waals surface area contributed by atoms with E-state index in [2.05, 4.69) is 50.1 Å². The molecule has 300 valence electrons. The van der Waals surface area contributed by atoms with E-state index in [1.54, 1.807) is 18.2 Å². The quantitative estimate of drug-likeness (QED) is 0.0881. The molecule has 14 nitrogen and oxygen atoms in total. The van der Waals surface area contributed by atoms with Crippen molar-refractivity contribution in [2.75, 3.05) is 13.2 Å². The largest absolute Gasteiger partial charge is 0.494 e. The van der Waals surface area contributed by atoms with Crippen molar-refractivity contribution in [3.05, 3.63) is 103 Å². The van der Waals surface area contributed by atoms with E-state index in [9.17, 15) is 19.2 Å². The number of pyridine rings is 3. The molecule has 4 amide bonds. The van der Waals surface area contributed by atoms with E-state index >= 15 is 0 Å². The number of rotatable bonds is 15. The Morgan fingerprint density at radius 1 is 0.712 bits per heavy atom. The van der Waals surface area contributed by atoms with Gasteiger partial charge in [0.25, 0.3) is 11.8 Å². The van der Waals surface area contributed by atoms with Crippen LogP contribution in [-0.4, -0.2) is 79.5 Å². The van der Waals surface area contributed by atoms with E-state index in [-0.39, 0.29) is 36.2 Å². The van der Waals surface area contributed by atoms with Crippen LogP contribution in [0, 0.1) is 0 Å². The minimum absolute atomic E-state index is 0.000667. The van der Waals surface area contributed by atoms with Crippen LogP contribution >= 0.6 is 0 Å². The monoisotopic (exact) mass is 794 g/mol. The highest BCUT2D eigenvalue weighted by Gasteiger charge is 2.44. The smallest absolute Gasteiger partial charge is 0.262 e. The molecule has 3 aliphatic rings. The van der Waals surface area contributed by atoms with Crippen molar-refractivity contribution < 1.29 is 38.1 Å². The Morgan fingerprint density at radius 3 is 2.27 bits per heavy atom. The zero-order valence-corrected chi connectivity index (χ0v) is 32.5. The molecular formula is C45H42N6O8. The van der Waals surface area contributed by atoms with Gasteiger partial charge in [0.15, 0.2) is 0 Å². The predicted molar refractivity (Wildman–Crippen MR) is 216 cm³/mol. The lowest BCUT2D eigenvalue weighted by atomic mass is 9.92. The molecule has 1 aliphatic carbocycles. The van der Waals surface area contributed by atoms with Crippen LogP contribution in [-0.2, 0) is 16.6 Å². The summed E-state index contributed by atoms with van der Waals surface area (Å²) < 4.78 is 26.2. The first kappa shape index (κ1) is 37.7. The van der Waals surface area contributed by atoms with E-state index in [1.807, 2.05) is 55.0 Å². The van der Waals surface area contributed by atoms with Gasteiger partial charge in [0.1, 0.15) is 24.0 Å². The fourth-order valence-corrected chi connectivity index (χ4v) is 7.91. The molecule has 2 fully saturated rings. The molecule has 9 rings (SSSR count). The molecule has 1 unspecified atom stereocenters. The number of carbonyl (C=O) groups excluding carboxylic acids is 4. The minimum Gasteiger partial charge on any atom is -0.494 e. The maximum atomic E-state index is 13.1. The van der Waals surface area contributed by atoms with Crippen LogP contribution in [0.25, 0.3) is 32.9 Å². The van der Waals surface area contributed by atoms with E-state index in [4.69, 9.17) is 18.9 Å². The average Bonchev–Trinajstić information content (AvgIpc) is 3.66. The Balaban J connectivity index is 0.664. The molecule has 1 atom stereocenters. The number of benzene rings is 2. The van der Waals surface area contributed by atoms with Gasteiger partial charge in [-0.25, -0.2) is 4.98 Å². The van der Waals surface area contributed by atoms with Gasteiger partial charge in [-0.3, -0.25) is 34.4 Å². The van der Waals surface area contributed by atoms with Crippen LogP contribution in [0.3, 0.4) is 0 Å². The van der Waals surface area contributed by atoms with E-state index in [1.165, 1.54) is 5.39 Å². The highest BCUT2D eigenvalue weighted by Crippen LogP contribution is 2.34. The van der Waals surface area contributed by atoms with Gasteiger partial charge in [0, 0.05) is 85.0 Å². The number of imide groups is 2. The Morgan fingerprint density at radius 2 is 1.47 bits per heavy atom. The second-order valence-electron chi connectivity index (χ2n) is 15.1. The number of fused-ring (bicyclic) bond motifs is 4. The molecule has 0 bridgehead atoms. The van der Waals surface area contributed by atoms with Gasteiger partial charge >= 0.3 is 0 Å². The fourth-order valence-electron chi connectivity index (χ4n) is 7.91. The molecule has 0 spiro atoms. The Kier molecular flexibility index (Phi) is 10.4. The summed E-state index contributed by atoms with van der Waals surface area (Å²) in [5, 5.41) is 4.52. The molecule has 1 saturated carbocycles. The lowest BCUT2D eigenvalue weighted by Crippen LogP contribution is -2.54. The number of hydrogen-bond donors (Lipinski definition) is 1. The van der Waals surface area contributed by atoms with Crippen LogP contribution in [0.2, 0.25) is 0 Å². The van der Waals surface area contributed by atoms with Crippen LogP contribution in [0.4, 0.5) is 0 Å². The number of aryl methyl sites for hydroxylation is 1. The van der Waals surface area contributed by atoms with Crippen molar-refractivity contribution in [3.8, 4) is 34.5 Å². The number of piperidine rings is 1. The second kappa shape index (κ2) is 16.2. The molecular weight excluding hydrogens is 753 g/mol. The maximum Gasteiger partial charge on any atom is 0.262 e. The summed E-state index contributed by atoms with van der Waals surface area (Å²) in [6, 6.07) is 21.7. The van der Waals surface area contributed by atoms with Gasteiger partial charge in [0.2, 0.25) is 29.5 Å². The number of hydrogen-bond acceptors (Lipinski definition) is 11. The molecule has 6 aromatic rings. The van der Waals surface area contributed by atoms with E-state index in [0.29, 0.717) is 36.6 Å². The fraction of sp³-hybridized carbons (Fsp3) is 0.311. The standard InChI is InChI=1S/C45H42N6O8/c1-50-36-17-18-46-26-35(36)32-12-9-27(21-38(32)50)28-10-16-40(47-25-28)58-30-22-31(23-30)59-42-8-6-7-41(49-42)57-20-5-3-2-4-19-56-29-11-13-33-34(24-29)45(55)51(44(33)54)37-14-15-39(52)48-43(37)53/h6-13,16-18,21,24-26,30-31,37H,2-5,14-15,19-20,22-23H2,1H3,(H,48,52,53)/t30-,31-,37?. The second-order valence-corrected chi connectivity index (χ2v) is 15.1. The zero-order valence-electron chi connectivity index (χ0n) is 32.5. The number of amides is 4. The van der Waals surface area contributed by atoms with E-state index in [0.717, 1.165) is 71.0 Å². The number of carbonyl (C=O) groups is 4. The minimum atomic E-state index is -0.999. The molecule has 2 aliphatic heterocycles. The van der Waals surface area contributed by atoms with Gasteiger partial charge in [-0.2, -0.15) is 4.98 Å². The molecule has 1 N–H and O–H groups in total. The third-order valence-electron chi connectivity index (χ3n) is 11.2. The van der Waals surface area contributed by atoms with Gasteiger partial charge < -0.3 is 23.5 Å². The van der Waals surface area contributed by atoms with Crippen LogP contribution in [0.15, 0.2) is 91.4 Å². The Hall–Kier alpha value is -6.83. The molecule has 14 heteroatoms. The highest BCUT2D eigenvalue weighted by molar-refractivity contribution is 6.23. The van der Waals surface area contributed by atoms with Crippen molar-refractivity contribution in [2.45, 2.75) is 69.6 Å². The molecule has 0 radical (unpaired) electrons.